The number of carbonyl (C=O) groups excluding carboxylic acids is 1. The first-order valence-electron chi connectivity index (χ1n) is 7.75. The highest BCUT2D eigenvalue weighted by molar-refractivity contribution is 5.80. The maximum Gasteiger partial charge on any atom is 0.306 e. The van der Waals surface area contributed by atoms with Crippen LogP contribution in [0, 0.1) is 17.8 Å². The van der Waals surface area contributed by atoms with Crippen molar-refractivity contribution in [3.63, 3.8) is 0 Å². The minimum absolute atomic E-state index is 0.0647. The lowest BCUT2D eigenvalue weighted by Gasteiger charge is -2.30. The zero-order valence-electron chi connectivity index (χ0n) is 12.3. The van der Waals surface area contributed by atoms with Crippen molar-refractivity contribution in [1.82, 2.24) is 10.2 Å². The second-order valence-electron chi connectivity index (χ2n) is 6.39. The highest BCUT2D eigenvalue weighted by Crippen LogP contribution is 2.29. The number of hydrogen-bond donors (Lipinski definition) is 2. The standard InChI is InChI=1S/C15H26N2O3/c1-17-7-5-11(6-8-17)10-16-14(18)12-3-2-4-13(9-12)15(19)20/h11-13H,2-10H2,1H3,(H,16,18)(H,19,20). The Hall–Kier alpha value is -1.10. The van der Waals surface area contributed by atoms with Crippen molar-refractivity contribution in [2.45, 2.75) is 38.5 Å². The summed E-state index contributed by atoms with van der Waals surface area (Å²) in [6.45, 7) is 2.96. The van der Waals surface area contributed by atoms with E-state index in [0.29, 0.717) is 18.8 Å². The number of amides is 1. The SMILES string of the molecule is CN1CCC(CNC(=O)C2CCCC(C(=O)O)C2)CC1. The summed E-state index contributed by atoms with van der Waals surface area (Å²) in [5, 5.41) is 12.1. The Bertz CT molecular complexity index is 351. The van der Waals surface area contributed by atoms with Crippen LogP contribution < -0.4 is 5.32 Å². The molecular formula is C15H26N2O3. The Morgan fingerprint density at radius 2 is 1.80 bits per heavy atom. The van der Waals surface area contributed by atoms with Gasteiger partial charge in [-0.1, -0.05) is 6.42 Å². The highest BCUT2D eigenvalue weighted by Gasteiger charge is 2.31. The summed E-state index contributed by atoms with van der Waals surface area (Å²) in [6, 6.07) is 0. The molecule has 114 valence electrons. The fourth-order valence-corrected chi connectivity index (χ4v) is 3.31. The number of rotatable bonds is 4. The number of nitrogens with one attached hydrogen (secondary N) is 1. The molecule has 5 nitrogen and oxygen atoms in total. The summed E-state index contributed by atoms with van der Waals surface area (Å²) in [5.41, 5.74) is 0. The van der Waals surface area contributed by atoms with E-state index < -0.39 is 5.97 Å². The van der Waals surface area contributed by atoms with Gasteiger partial charge in [0.2, 0.25) is 5.91 Å². The topological polar surface area (TPSA) is 69.6 Å². The minimum atomic E-state index is -0.752. The third-order valence-corrected chi connectivity index (χ3v) is 4.80. The van der Waals surface area contributed by atoms with E-state index in [1.165, 1.54) is 0 Å². The molecule has 2 rings (SSSR count). The maximum atomic E-state index is 12.2. The van der Waals surface area contributed by atoms with Crippen molar-refractivity contribution in [3.05, 3.63) is 0 Å². The van der Waals surface area contributed by atoms with Crippen molar-refractivity contribution >= 4 is 11.9 Å². The van der Waals surface area contributed by atoms with Crippen LogP contribution in [0.4, 0.5) is 0 Å². The van der Waals surface area contributed by atoms with E-state index >= 15 is 0 Å². The Morgan fingerprint density at radius 1 is 1.15 bits per heavy atom. The molecule has 1 heterocycles. The summed E-state index contributed by atoms with van der Waals surface area (Å²) in [6.07, 6.45) is 5.19. The molecule has 2 atom stereocenters. The molecular weight excluding hydrogens is 256 g/mol. The van der Waals surface area contributed by atoms with Gasteiger partial charge >= 0.3 is 5.97 Å². The summed E-state index contributed by atoms with van der Waals surface area (Å²) in [4.78, 5) is 25.5. The normalized spacial score (nSPS) is 29.1. The van der Waals surface area contributed by atoms with Crippen LogP contribution in [0.3, 0.4) is 0 Å². The molecule has 5 heteroatoms. The second-order valence-corrected chi connectivity index (χ2v) is 6.39. The van der Waals surface area contributed by atoms with Crippen LogP contribution in [0.15, 0.2) is 0 Å². The molecule has 1 aliphatic heterocycles. The zero-order chi connectivity index (χ0) is 14.5. The smallest absolute Gasteiger partial charge is 0.306 e. The number of nitrogens with zero attached hydrogens (tertiary/aromatic N) is 1. The van der Waals surface area contributed by atoms with Gasteiger partial charge in [0.05, 0.1) is 5.92 Å². The first-order valence-corrected chi connectivity index (χ1v) is 7.75. The van der Waals surface area contributed by atoms with Gasteiger partial charge in [0.15, 0.2) is 0 Å². The van der Waals surface area contributed by atoms with Crippen LogP contribution >= 0.6 is 0 Å². The molecule has 20 heavy (non-hydrogen) atoms. The van der Waals surface area contributed by atoms with Crippen LogP contribution in [-0.4, -0.2) is 48.6 Å². The van der Waals surface area contributed by atoms with Crippen molar-refractivity contribution < 1.29 is 14.7 Å². The molecule has 0 aromatic carbocycles. The van der Waals surface area contributed by atoms with Gasteiger partial charge in [-0.15, -0.1) is 0 Å². The highest BCUT2D eigenvalue weighted by atomic mass is 16.4. The van der Waals surface area contributed by atoms with Gasteiger partial charge < -0.3 is 15.3 Å². The largest absolute Gasteiger partial charge is 0.481 e. The molecule has 0 bridgehead atoms. The van der Waals surface area contributed by atoms with E-state index in [4.69, 9.17) is 5.11 Å². The number of carbonyl (C=O) groups is 2. The van der Waals surface area contributed by atoms with Crippen LogP contribution in [0.1, 0.15) is 38.5 Å². The van der Waals surface area contributed by atoms with E-state index in [9.17, 15) is 9.59 Å². The number of aliphatic carboxylic acids is 1. The Morgan fingerprint density at radius 3 is 2.45 bits per heavy atom. The predicted molar refractivity (Wildman–Crippen MR) is 76.3 cm³/mol. The van der Waals surface area contributed by atoms with Crippen molar-refractivity contribution in [1.29, 1.82) is 0 Å². The lowest BCUT2D eigenvalue weighted by molar-refractivity contribution is -0.144. The van der Waals surface area contributed by atoms with Gasteiger partial charge in [-0.25, -0.2) is 0 Å². The molecule has 2 N–H and O–H groups in total. The summed E-state index contributed by atoms with van der Waals surface area (Å²) in [7, 11) is 2.13. The fourth-order valence-electron chi connectivity index (χ4n) is 3.31. The maximum absolute atomic E-state index is 12.2. The van der Waals surface area contributed by atoms with Crippen LogP contribution in [-0.2, 0) is 9.59 Å². The number of carboxylic acid groups (broad SMARTS) is 1. The fraction of sp³-hybridized carbons (Fsp3) is 0.867. The van der Waals surface area contributed by atoms with Crippen molar-refractivity contribution in [3.8, 4) is 0 Å². The zero-order valence-corrected chi connectivity index (χ0v) is 12.3. The van der Waals surface area contributed by atoms with Gasteiger partial charge in [-0.05, 0) is 58.2 Å². The molecule has 2 fully saturated rings. The second kappa shape index (κ2) is 7.07. The predicted octanol–water partition coefficient (Wildman–Crippen LogP) is 1.34. The van der Waals surface area contributed by atoms with Crippen LogP contribution in [0.2, 0.25) is 0 Å². The average Bonchev–Trinajstić information content (AvgIpc) is 2.46. The molecule has 0 aromatic rings. The van der Waals surface area contributed by atoms with Crippen LogP contribution in [0.25, 0.3) is 0 Å². The van der Waals surface area contributed by atoms with E-state index in [1.54, 1.807) is 0 Å². The summed E-state index contributed by atoms with van der Waals surface area (Å²) < 4.78 is 0. The minimum Gasteiger partial charge on any atom is -0.481 e. The Kier molecular flexibility index (Phi) is 5.40. The summed E-state index contributed by atoms with van der Waals surface area (Å²) in [5.74, 6) is -0.541. The van der Waals surface area contributed by atoms with E-state index in [0.717, 1.165) is 45.3 Å². The molecule has 0 aromatic heterocycles. The first kappa shape index (κ1) is 15.3. The quantitative estimate of drug-likeness (QED) is 0.816. The van der Waals surface area contributed by atoms with Crippen molar-refractivity contribution in [2.75, 3.05) is 26.7 Å². The third-order valence-electron chi connectivity index (χ3n) is 4.80. The Balaban J connectivity index is 1.73. The number of piperidine rings is 1. The van der Waals surface area contributed by atoms with Crippen molar-refractivity contribution in [2.24, 2.45) is 17.8 Å². The van der Waals surface area contributed by atoms with E-state index in [1.807, 2.05) is 0 Å². The molecule has 1 aliphatic carbocycles. The molecule has 1 saturated carbocycles. The van der Waals surface area contributed by atoms with Gasteiger partial charge in [0.1, 0.15) is 0 Å². The van der Waals surface area contributed by atoms with E-state index in [2.05, 4.69) is 17.3 Å². The number of likely N-dealkylation sites (tertiary alicyclic amines) is 1. The summed E-state index contributed by atoms with van der Waals surface area (Å²) >= 11 is 0. The molecule has 1 saturated heterocycles. The van der Waals surface area contributed by atoms with Crippen LogP contribution in [0.5, 0.6) is 0 Å². The third kappa shape index (κ3) is 4.20. The average molecular weight is 282 g/mol. The molecule has 1 amide bonds. The molecule has 2 aliphatic rings. The van der Waals surface area contributed by atoms with Gasteiger partial charge in [-0.3, -0.25) is 9.59 Å². The number of hydrogen-bond acceptors (Lipinski definition) is 3. The molecule has 0 radical (unpaired) electrons. The first-order chi connectivity index (χ1) is 9.56. The van der Waals surface area contributed by atoms with Gasteiger partial charge in [0, 0.05) is 12.5 Å². The monoisotopic (exact) mass is 282 g/mol. The lowest BCUT2D eigenvalue weighted by Crippen LogP contribution is -2.40. The van der Waals surface area contributed by atoms with Gasteiger partial charge in [-0.2, -0.15) is 0 Å². The van der Waals surface area contributed by atoms with Gasteiger partial charge in [0.25, 0.3) is 0 Å². The van der Waals surface area contributed by atoms with E-state index in [-0.39, 0.29) is 17.7 Å². The lowest BCUT2D eigenvalue weighted by atomic mass is 9.81. The molecule has 0 spiro atoms. The Labute approximate surface area is 120 Å². The number of carboxylic acids is 1. The molecule has 2 unspecified atom stereocenters.